The fraction of sp³-hybridized carbons (Fsp3) is 0.111. The number of urea groups is 1. The molecule has 0 saturated heterocycles. The van der Waals surface area contributed by atoms with Gasteiger partial charge < -0.3 is 10.5 Å². The topological polar surface area (TPSA) is 117 Å². The molecule has 28 heavy (non-hydrogen) atoms. The van der Waals surface area contributed by atoms with Gasteiger partial charge in [-0.2, -0.15) is 5.10 Å². The molecular formula is C18H15FN6O3. The number of fused-ring (bicyclic) bond motifs is 3. The lowest BCUT2D eigenvalue weighted by Crippen LogP contribution is -2.35. The van der Waals surface area contributed by atoms with Crippen LogP contribution in [0, 0.1) is 5.82 Å². The second-order valence-corrected chi connectivity index (χ2v) is 6.02. The maximum Gasteiger partial charge on any atom is 0.331 e. The summed E-state index contributed by atoms with van der Waals surface area (Å²) >= 11 is 0. The first-order chi connectivity index (χ1) is 13.5. The molecule has 0 radical (unpaired) electrons. The number of ether oxygens (including phenoxy) is 1. The van der Waals surface area contributed by atoms with E-state index in [1.807, 2.05) is 0 Å². The van der Waals surface area contributed by atoms with Crippen LogP contribution in [0.1, 0.15) is 5.69 Å². The standard InChI is InChI=1S/C18H15FN6O3/c1-28-9-13-15(10-2-4-11(19)5-3-10)16-21-8-12-14(25(16)22-13)6-7-24(17(12)26)23-18(20)27/h2-8H,9H2,1H3,(H3,20,23,27). The molecule has 10 heteroatoms. The van der Waals surface area contributed by atoms with Crippen molar-refractivity contribution < 1.29 is 13.9 Å². The molecule has 2 amide bonds. The highest BCUT2D eigenvalue weighted by Gasteiger charge is 2.19. The first kappa shape index (κ1) is 17.6. The summed E-state index contributed by atoms with van der Waals surface area (Å²) in [7, 11) is 1.54. The molecule has 0 unspecified atom stereocenters. The molecule has 4 rings (SSSR count). The van der Waals surface area contributed by atoms with E-state index in [1.54, 1.807) is 18.2 Å². The van der Waals surface area contributed by atoms with Gasteiger partial charge >= 0.3 is 6.03 Å². The Bertz CT molecular complexity index is 1260. The fourth-order valence-corrected chi connectivity index (χ4v) is 3.07. The Kier molecular flexibility index (Phi) is 4.24. The number of nitrogens with zero attached hydrogens (tertiary/aromatic N) is 4. The molecule has 3 aromatic heterocycles. The number of carbonyl (C=O) groups excluding carboxylic acids is 1. The van der Waals surface area contributed by atoms with E-state index < -0.39 is 11.6 Å². The number of nitrogens with two attached hydrogens (primary N) is 1. The van der Waals surface area contributed by atoms with Crippen LogP contribution in [-0.4, -0.2) is 32.4 Å². The zero-order chi connectivity index (χ0) is 19.8. The third kappa shape index (κ3) is 2.85. The average molecular weight is 382 g/mol. The normalized spacial score (nSPS) is 11.2. The number of amides is 2. The number of hydrogen-bond acceptors (Lipinski definition) is 5. The monoisotopic (exact) mass is 382 g/mol. The number of carbonyl (C=O) groups is 1. The van der Waals surface area contributed by atoms with Crippen LogP contribution in [0.2, 0.25) is 0 Å². The molecule has 0 aliphatic rings. The van der Waals surface area contributed by atoms with E-state index in [2.05, 4.69) is 15.5 Å². The molecule has 4 aromatic rings. The van der Waals surface area contributed by atoms with Gasteiger partial charge in [0.25, 0.3) is 5.56 Å². The molecule has 0 aliphatic heterocycles. The van der Waals surface area contributed by atoms with Crippen LogP contribution in [0.4, 0.5) is 9.18 Å². The van der Waals surface area contributed by atoms with Crippen molar-refractivity contribution in [2.24, 2.45) is 5.73 Å². The molecular weight excluding hydrogens is 367 g/mol. The maximum atomic E-state index is 13.3. The lowest BCUT2D eigenvalue weighted by atomic mass is 10.1. The van der Waals surface area contributed by atoms with Crippen molar-refractivity contribution in [3.63, 3.8) is 0 Å². The lowest BCUT2D eigenvalue weighted by molar-refractivity contribution is 0.181. The van der Waals surface area contributed by atoms with Gasteiger partial charge in [-0.05, 0) is 23.8 Å². The van der Waals surface area contributed by atoms with Gasteiger partial charge in [0.1, 0.15) is 5.82 Å². The molecule has 0 fully saturated rings. The summed E-state index contributed by atoms with van der Waals surface area (Å²) in [5, 5.41) is 4.77. The summed E-state index contributed by atoms with van der Waals surface area (Å²) in [5.74, 6) is -0.352. The number of hydrogen-bond donors (Lipinski definition) is 2. The number of benzene rings is 1. The maximum absolute atomic E-state index is 13.3. The van der Waals surface area contributed by atoms with E-state index in [0.29, 0.717) is 22.4 Å². The van der Waals surface area contributed by atoms with Crippen LogP contribution in [0.15, 0.2) is 47.5 Å². The van der Waals surface area contributed by atoms with Crippen molar-refractivity contribution in [3.8, 4) is 11.1 Å². The van der Waals surface area contributed by atoms with Crippen molar-refractivity contribution >= 4 is 22.6 Å². The zero-order valence-corrected chi connectivity index (χ0v) is 14.7. The van der Waals surface area contributed by atoms with Crippen LogP contribution < -0.4 is 16.7 Å². The molecule has 9 nitrogen and oxygen atoms in total. The number of aromatic nitrogens is 4. The number of pyridine rings is 1. The summed E-state index contributed by atoms with van der Waals surface area (Å²) in [6, 6.07) is 6.71. The Labute approximate surface area is 157 Å². The van der Waals surface area contributed by atoms with Crippen molar-refractivity contribution in [3.05, 3.63) is 64.6 Å². The van der Waals surface area contributed by atoms with Gasteiger partial charge in [0.15, 0.2) is 5.65 Å². The average Bonchev–Trinajstić information content (AvgIpc) is 3.03. The molecule has 3 N–H and O–H groups in total. The number of halogens is 1. The summed E-state index contributed by atoms with van der Waals surface area (Å²) in [5.41, 5.74) is 9.76. The molecule has 142 valence electrons. The molecule has 0 aliphatic carbocycles. The van der Waals surface area contributed by atoms with Crippen molar-refractivity contribution in [1.82, 2.24) is 19.3 Å². The van der Waals surface area contributed by atoms with Crippen LogP contribution >= 0.6 is 0 Å². The van der Waals surface area contributed by atoms with E-state index >= 15 is 0 Å². The number of methoxy groups -OCH3 is 1. The quantitative estimate of drug-likeness (QED) is 0.556. The van der Waals surface area contributed by atoms with E-state index in [9.17, 15) is 14.0 Å². The van der Waals surface area contributed by atoms with Gasteiger partial charge in [0.2, 0.25) is 0 Å². The predicted molar refractivity (Wildman–Crippen MR) is 99.8 cm³/mol. The van der Waals surface area contributed by atoms with E-state index in [4.69, 9.17) is 10.5 Å². The second-order valence-electron chi connectivity index (χ2n) is 6.02. The SMILES string of the molecule is COCc1nn2c(ncc3c(=O)n(NC(N)=O)ccc32)c1-c1ccc(F)cc1. The Balaban J connectivity index is 2.00. The molecule has 1 aromatic carbocycles. The molecule has 3 heterocycles. The lowest BCUT2D eigenvalue weighted by Gasteiger charge is -2.07. The molecule has 0 bridgehead atoms. The van der Waals surface area contributed by atoms with Crippen molar-refractivity contribution in [2.45, 2.75) is 6.61 Å². The highest BCUT2D eigenvalue weighted by molar-refractivity contribution is 5.87. The third-order valence-electron chi connectivity index (χ3n) is 4.23. The van der Waals surface area contributed by atoms with Gasteiger partial charge in [-0.25, -0.2) is 28.8 Å². The third-order valence-corrected chi connectivity index (χ3v) is 4.23. The van der Waals surface area contributed by atoms with E-state index in [-0.39, 0.29) is 17.8 Å². The van der Waals surface area contributed by atoms with Crippen LogP contribution in [0.3, 0.4) is 0 Å². The Hall–Kier alpha value is -3.79. The number of primary amides is 1. The van der Waals surface area contributed by atoms with E-state index in [0.717, 1.165) is 10.2 Å². The zero-order valence-electron chi connectivity index (χ0n) is 14.7. The highest BCUT2D eigenvalue weighted by Crippen LogP contribution is 2.29. The Morgan fingerprint density at radius 2 is 2.04 bits per heavy atom. The van der Waals surface area contributed by atoms with E-state index in [1.165, 1.54) is 36.2 Å². The van der Waals surface area contributed by atoms with Gasteiger partial charge in [0, 0.05) is 19.5 Å². The minimum Gasteiger partial charge on any atom is -0.378 e. The van der Waals surface area contributed by atoms with Crippen LogP contribution in [0.5, 0.6) is 0 Å². The summed E-state index contributed by atoms with van der Waals surface area (Å²) in [4.78, 5) is 28.0. The summed E-state index contributed by atoms with van der Waals surface area (Å²) in [6.07, 6.45) is 2.78. The first-order valence-corrected chi connectivity index (χ1v) is 8.23. The number of nitrogens with one attached hydrogen (secondary N) is 1. The minimum atomic E-state index is -0.865. The summed E-state index contributed by atoms with van der Waals surface area (Å²) < 4.78 is 21.1. The fourth-order valence-electron chi connectivity index (χ4n) is 3.07. The van der Waals surface area contributed by atoms with Gasteiger partial charge in [0.05, 0.1) is 28.8 Å². The van der Waals surface area contributed by atoms with Gasteiger partial charge in [-0.3, -0.25) is 4.79 Å². The Morgan fingerprint density at radius 1 is 1.29 bits per heavy atom. The first-order valence-electron chi connectivity index (χ1n) is 8.23. The van der Waals surface area contributed by atoms with Crippen LogP contribution in [-0.2, 0) is 11.3 Å². The predicted octanol–water partition coefficient (Wildman–Crippen LogP) is 1.62. The van der Waals surface area contributed by atoms with Gasteiger partial charge in [-0.15, -0.1) is 0 Å². The number of rotatable bonds is 4. The van der Waals surface area contributed by atoms with Gasteiger partial charge in [-0.1, -0.05) is 12.1 Å². The summed E-state index contributed by atoms with van der Waals surface area (Å²) in [6.45, 7) is 0.206. The molecule has 0 atom stereocenters. The Morgan fingerprint density at radius 3 is 2.71 bits per heavy atom. The molecule has 0 saturated carbocycles. The van der Waals surface area contributed by atoms with Crippen LogP contribution in [0.25, 0.3) is 27.7 Å². The van der Waals surface area contributed by atoms with Crippen molar-refractivity contribution in [1.29, 1.82) is 0 Å². The largest absolute Gasteiger partial charge is 0.378 e. The highest BCUT2D eigenvalue weighted by atomic mass is 19.1. The smallest absolute Gasteiger partial charge is 0.331 e. The second kappa shape index (κ2) is 6.74. The molecule has 0 spiro atoms. The minimum absolute atomic E-state index is 0.206. The van der Waals surface area contributed by atoms with Crippen molar-refractivity contribution in [2.75, 3.05) is 12.5 Å².